The van der Waals surface area contributed by atoms with Crippen LogP contribution in [0, 0.1) is 5.92 Å². The summed E-state index contributed by atoms with van der Waals surface area (Å²) in [4.78, 5) is 15.9. The molecule has 1 saturated carbocycles. The largest absolute Gasteiger partial charge is 0.472 e. The third kappa shape index (κ3) is 3.62. The molecular weight excluding hydrogens is 268 g/mol. The molecule has 1 amide bonds. The minimum atomic E-state index is -0.360. The molecule has 0 unspecified atom stereocenters. The molecule has 0 saturated heterocycles. The smallest absolute Gasteiger partial charge is 0.407 e. The van der Waals surface area contributed by atoms with E-state index in [2.05, 4.69) is 10.3 Å². The van der Waals surface area contributed by atoms with Gasteiger partial charge in [-0.3, -0.25) is 4.98 Å². The van der Waals surface area contributed by atoms with Crippen LogP contribution in [0.2, 0.25) is 0 Å². The van der Waals surface area contributed by atoms with Gasteiger partial charge in [0.25, 0.3) is 0 Å². The van der Waals surface area contributed by atoms with Crippen LogP contribution < -0.4 is 5.32 Å². The highest BCUT2D eigenvalue weighted by atomic mass is 16.5. The van der Waals surface area contributed by atoms with Gasteiger partial charge < -0.3 is 14.5 Å². The molecule has 2 heterocycles. The van der Waals surface area contributed by atoms with E-state index in [0.29, 0.717) is 19.1 Å². The number of hydrogen-bond donors (Lipinski definition) is 1. The first kappa shape index (κ1) is 13.7. The van der Waals surface area contributed by atoms with Gasteiger partial charge in [0.05, 0.1) is 24.8 Å². The minimum Gasteiger partial charge on any atom is -0.472 e. The number of furan rings is 1. The fourth-order valence-corrected chi connectivity index (χ4v) is 2.19. The Morgan fingerprint density at radius 3 is 2.90 bits per heavy atom. The standard InChI is InChI=1S/C16H18N2O3/c19-16(21-10-12-2-1-3-12)18-9-13-4-5-15(17-8-13)14-6-7-20-11-14/h4-8,11-12H,1-3,9-10H2,(H,18,19). The van der Waals surface area contributed by atoms with Gasteiger partial charge in [0.15, 0.2) is 0 Å². The summed E-state index contributed by atoms with van der Waals surface area (Å²) in [6, 6.07) is 5.70. The Morgan fingerprint density at radius 1 is 1.38 bits per heavy atom. The fraction of sp³-hybridized carbons (Fsp3) is 0.375. The number of hydrogen-bond acceptors (Lipinski definition) is 4. The highest BCUT2D eigenvalue weighted by Crippen LogP contribution is 2.26. The van der Waals surface area contributed by atoms with Gasteiger partial charge in [0.2, 0.25) is 0 Å². The highest BCUT2D eigenvalue weighted by Gasteiger charge is 2.18. The van der Waals surface area contributed by atoms with Crippen LogP contribution in [-0.4, -0.2) is 17.7 Å². The second-order valence-corrected chi connectivity index (χ2v) is 5.31. The first-order valence-electron chi connectivity index (χ1n) is 7.19. The van der Waals surface area contributed by atoms with Gasteiger partial charge >= 0.3 is 6.09 Å². The predicted molar refractivity (Wildman–Crippen MR) is 77.5 cm³/mol. The van der Waals surface area contributed by atoms with E-state index in [1.807, 2.05) is 18.2 Å². The van der Waals surface area contributed by atoms with Crippen LogP contribution in [0.15, 0.2) is 41.3 Å². The Hall–Kier alpha value is -2.30. The second kappa shape index (κ2) is 6.43. The summed E-state index contributed by atoms with van der Waals surface area (Å²) < 4.78 is 10.2. The molecule has 110 valence electrons. The van der Waals surface area contributed by atoms with Crippen molar-refractivity contribution in [3.63, 3.8) is 0 Å². The van der Waals surface area contributed by atoms with Crippen molar-refractivity contribution in [3.8, 4) is 11.3 Å². The minimum absolute atomic E-state index is 0.360. The summed E-state index contributed by atoms with van der Waals surface area (Å²) >= 11 is 0. The molecule has 1 N–H and O–H groups in total. The number of ether oxygens (including phenoxy) is 1. The molecule has 5 heteroatoms. The van der Waals surface area contributed by atoms with Crippen LogP contribution >= 0.6 is 0 Å². The zero-order valence-corrected chi connectivity index (χ0v) is 11.7. The molecule has 1 aliphatic carbocycles. The van der Waals surface area contributed by atoms with E-state index < -0.39 is 0 Å². The first-order valence-corrected chi connectivity index (χ1v) is 7.19. The Kier molecular flexibility index (Phi) is 4.19. The van der Waals surface area contributed by atoms with E-state index in [0.717, 1.165) is 16.8 Å². The van der Waals surface area contributed by atoms with Gasteiger partial charge in [-0.05, 0) is 36.5 Å². The average Bonchev–Trinajstić information content (AvgIpc) is 2.98. The highest BCUT2D eigenvalue weighted by molar-refractivity contribution is 5.67. The summed E-state index contributed by atoms with van der Waals surface area (Å²) in [7, 11) is 0. The number of nitrogens with one attached hydrogen (secondary N) is 1. The monoisotopic (exact) mass is 286 g/mol. The lowest BCUT2D eigenvalue weighted by atomic mass is 9.86. The molecule has 1 aliphatic rings. The molecule has 21 heavy (non-hydrogen) atoms. The van der Waals surface area contributed by atoms with E-state index in [1.54, 1.807) is 18.7 Å². The predicted octanol–water partition coefficient (Wildman–Crippen LogP) is 3.37. The van der Waals surface area contributed by atoms with Crippen molar-refractivity contribution in [2.75, 3.05) is 6.61 Å². The zero-order valence-electron chi connectivity index (χ0n) is 11.7. The van der Waals surface area contributed by atoms with E-state index >= 15 is 0 Å². The molecule has 0 atom stereocenters. The lowest BCUT2D eigenvalue weighted by Crippen LogP contribution is -2.27. The quantitative estimate of drug-likeness (QED) is 0.915. The summed E-state index contributed by atoms with van der Waals surface area (Å²) in [5.74, 6) is 0.562. The first-order chi connectivity index (χ1) is 10.3. The third-order valence-electron chi connectivity index (χ3n) is 3.75. The lowest BCUT2D eigenvalue weighted by Gasteiger charge is -2.24. The van der Waals surface area contributed by atoms with Gasteiger partial charge in [-0.25, -0.2) is 4.79 Å². The van der Waals surface area contributed by atoms with Crippen molar-refractivity contribution < 1.29 is 13.9 Å². The molecule has 2 aromatic heterocycles. The number of aromatic nitrogens is 1. The zero-order chi connectivity index (χ0) is 14.5. The van der Waals surface area contributed by atoms with Crippen LogP contribution in [0.5, 0.6) is 0 Å². The number of carbonyl (C=O) groups excluding carboxylic acids is 1. The molecule has 1 fully saturated rings. The van der Waals surface area contributed by atoms with Crippen molar-refractivity contribution in [2.24, 2.45) is 5.92 Å². The maximum Gasteiger partial charge on any atom is 0.407 e. The second-order valence-electron chi connectivity index (χ2n) is 5.31. The SMILES string of the molecule is O=C(NCc1ccc(-c2ccoc2)nc1)OCC1CCC1. The number of pyridine rings is 1. The van der Waals surface area contributed by atoms with Crippen molar-refractivity contribution in [3.05, 3.63) is 42.5 Å². The topological polar surface area (TPSA) is 64.4 Å². The molecule has 0 aliphatic heterocycles. The normalized spacial score (nSPS) is 14.5. The Morgan fingerprint density at radius 2 is 2.29 bits per heavy atom. The number of amides is 1. The number of carbonyl (C=O) groups is 1. The maximum absolute atomic E-state index is 11.5. The van der Waals surface area contributed by atoms with Gasteiger partial charge in [0, 0.05) is 18.3 Å². The van der Waals surface area contributed by atoms with Gasteiger partial charge in [-0.1, -0.05) is 12.5 Å². The van der Waals surface area contributed by atoms with Crippen LogP contribution in [0.4, 0.5) is 4.79 Å². The van der Waals surface area contributed by atoms with Crippen LogP contribution in [0.25, 0.3) is 11.3 Å². The number of nitrogens with zero attached hydrogens (tertiary/aromatic N) is 1. The van der Waals surface area contributed by atoms with Crippen LogP contribution in [-0.2, 0) is 11.3 Å². The third-order valence-corrected chi connectivity index (χ3v) is 3.75. The Balaban J connectivity index is 1.45. The Bertz CT molecular complexity index is 574. The fourth-order valence-electron chi connectivity index (χ4n) is 2.19. The molecule has 5 nitrogen and oxygen atoms in total. The van der Waals surface area contributed by atoms with E-state index in [9.17, 15) is 4.79 Å². The van der Waals surface area contributed by atoms with Gasteiger partial charge in [-0.15, -0.1) is 0 Å². The molecule has 0 bridgehead atoms. The van der Waals surface area contributed by atoms with Crippen LogP contribution in [0.3, 0.4) is 0 Å². The summed E-state index contributed by atoms with van der Waals surface area (Å²) in [5, 5.41) is 2.74. The average molecular weight is 286 g/mol. The van der Waals surface area contributed by atoms with Gasteiger partial charge in [-0.2, -0.15) is 0 Å². The summed E-state index contributed by atoms with van der Waals surface area (Å²) in [6.07, 6.45) is 8.25. The molecule has 0 spiro atoms. The van der Waals surface area contributed by atoms with Crippen molar-refractivity contribution in [2.45, 2.75) is 25.8 Å². The Labute approximate surface area is 123 Å². The van der Waals surface area contributed by atoms with Crippen molar-refractivity contribution in [1.82, 2.24) is 10.3 Å². The van der Waals surface area contributed by atoms with E-state index in [1.165, 1.54) is 19.3 Å². The molecule has 0 aromatic carbocycles. The molecule has 3 rings (SSSR count). The van der Waals surface area contributed by atoms with Crippen molar-refractivity contribution >= 4 is 6.09 Å². The van der Waals surface area contributed by atoms with E-state index in [4.69, 9.17) is 9.15 Å². The number of alkyl carbamates (subject to hydrolysis) is 1. The lowest BCUT2D eigenvalue weighted by molar-refractivity contribution is 0.103. The van der Waals surface area contributed by atoms with Gasteiger partial charge in [0.1, 0.15) is 0 Å². The van der Waals surface area contributed by atoms with Crippen LogP contribution in [0.1, 0.15) is 24.8 Å². The molecular formula is C16H18N2O3. The summed E-state index contributed by atoms with van der Waals surface area (Å²) in [6.45, 7) is 0.950. The molecule has 0 radical (unpaired) electrons. The van der Waals surface area contributed by atoms with E-state index in [-0.39, 0.29) is 6.09 Å². The maximum atomic E-state index is 11.5. The molecule has 2 aromatic rings. The number of rotatable bonds is 5. The summed E-state index contributed by atoms with van der Waals surface area (Å²) in [5.41, 5.74) is 2.72. The van der Waals surface area contributed by atoms with Crippen molar-refractivity contribution in [1.29, 1.82) is 0 Å².